The first kappa shape index (κ1) is 14.3. The van der Waals surface area contributed by atoms with Gasteiger partial charge in [-0.1, -0.05) is 11.6 Å². The molecule has 0 aromatic carbocycles. The fourth-order valence-electron chi connectivity index (χ4n) is 1.05. The number of methoxy groups -OCH3 is 2. The molecule has 1 N–H and O–H groups in total. The van der Waals surface area contributed by atoms with Gasteiger partial charge in [0.1, 0.15) is 10.0 Å². The zero-order valence-corrected chi connectivity index (χ0v) is 11.0. The molecule has 0 spiro atoms. The van der Waals surface area contributed by atoms with Crippen LogP contribution >= 0.6 is 11.6 Å². The minimum Gasteiger partial charge on any atom is -0.355 e. The molecule has 8 heteroatoms. The van der Waals surface area contributed by atoms with E-state index in [9.17, 15) is 8.42 Å². The number of hydrogen-bond acceptors (Lipinski definition) is 5. The van der Waals surface area contributed by atoms with Crippen molar-refractivity contribution in [3.63, 3.8) is 0 Å². The summed E-state index contributed by atoms with van der Waals surface area (Å²) in [5.41, 5.74) is 0. The van der Waals surface area contributed by atoms with Crippen LogP contribution in [0.2, 0.25) is 5.15 Å². The topological polar surface area (TPSA) is 77.5 Å². The summed E-state index contributed by atoms with van der Waals surface area (Å²) in [4.78, 5) is 3.73. The van der Waals surface area contributed by atoms with Crippen molar-refractivity contribution in [3.05, 3.63) is 23.5 Å². The van der Waals surface area contributed by atoms with E-state index >= 15 is 0 Å². The molecule has 1 heterocycles. The van der Waals surface area contributed by atoms with Crippen LogP contribution < -0.4 is 4.72 Å². The van der Waals surface area contributed by atoms with Crippen LogP contribution in [0.25, 0.3) is 0 Å². The molecule has 0 aliphatic heterocycles. The van der Waals surface area contributed by atoms with Gasteiger partial charge in [0.15, 0.2) is 6.29 Å². The van der Waals surface area contributed by atoms with Gasteiger partial charge in [0, 0.05) is 20.4 Å². The van der Waals surface area contributed by atoms with Crippen LogP contribution in [0, 0.1) is 0 Å². The van der Waals surface area contributed by atoms with Crippen molar-refractivity contribution in [1.82, 2.24) is 9.71 Å². The summed E-state index contributed by atoms with van der Waals surface area (Å²) in [7, 11) is -0.778. The first-order valence-corrected chi connectivity index (χ1v) is 6.52. The van der Waals surface area contributed by atoms with Crippen molar-refractivity contribution < 1.29 is 17.9 Å². The van der Waals surface area contributed by atoms with Gasteiger partial charge in [-0.3, -0.25) is 0 Å². The Morgan fingerprint density at radius 1 is 1.41 bits per heavy atom. The van der Waals surface area contributed by atoms with Crippen molar-refractivity contribution in [1.29, 1.82) is 0 Å². The van der Waals surface area contributed by atoms with Crippen LogP contribution in [-0.2, 0) is 19.5 Å². The summed E-state index contributed by atoms with van der Waals surface area (Å²) in [5, 5.41) is 0.232. The van der Waals surface area contributed by atoms with Crippen LogP contribution in [0.4, 0.5) is 0 Å². The van der Waals surface area contributed by atoms with Gasteiger partial charge in [-0.2, -0.15) is 0 Å². The summed E-state index contributed by atoms with van der Waals surface area (Å²) < 4.78 is 35.6. The summed E-state index contributed by atoms with van der Waals surface area (Å²) in [6, 6.07) is 2.77. The highest BCUT2D eigenvalue weighted by Gasteiger charge is 2.16. The minimum absolute atomic E-state index is 0.0119. The molecule has 0 saturated carbocycles. The van der Waals surface area contributed by atoms with E-state index in [1.54, 1.807) is 0 Å². The third-order valence-corrected chi connectivity index (χ3v) is 3.61. The lowest BCUT2D eigenvalue weighted by molar-refractivity contribution is -0.0960. The van der Waals surface area contributed by atoms with E-state index in [4.69, 9.17) is 21.1 Å². The standard InChI is InChI=1S/C9H13ClN2O4S/c1-15-9(16-2)6-12-17(13,14)7-3-4-8(10)11-5-7/h3-5,9,12H,6H2,1-2H3. The van der Waals surface area contributed by atoms with Gasteiger partial charge in [0.25, 0.3) is 0 Å². The Morgan fingerprint density at radius 3 is 2.53 bits per heavy atom. The quantitative estimate of drug-likeness (QED) is 0.611. The van der Waals surface area contributed by atoms with E-state index in [-0.39, 0.29) is 16.6 Å². The Kier molecular flexibility index (Phi) is 5.29. The molecule has 0 radical (unpaired) electrons. The fraction of sp³-hybridized carbons (Fsp3) is 0.444. The smallest absolute Gasteiger partial charge is 0.242 e. The molecule has 0 bridgehead atoms. The van der Waals surface area contributed by atoms with Gasteiger partial charge in [0.05, 0.1) is 6.54 Å². The van der Waals surface area contributed by atoms with E-state index in [2.05, 4.69) is 9.71 Å². The molecule has 1 rings (SSSR count). The fourth-order valence-corrected chi connectivity index (χ4v) is 2.12. The minimum atomic E-state index is -3.62. The lowest BCUT2D eigenvalue weighted by atomic mass is 10.5. The lowest BCUT2D eigenvalue weighted by Gasteiger charge is -2.14. The number of nitrogens with zero attached hydrogens (tertiary/aromatic N) is 1. The van der Waals surface area contributed by atoms with Gasteiger partial charge < -0.3 is 9.47 Å². The summed E-state index contributed by atoms with van der Waals surface area (Å²) in [5.74, 6) is 0. The molecule has 0 saturated heterocycles. The first-order chi connectivity index (χ1) is 7.99. The van der Waals surface area contributed by atoms with Crippen LogP contribution in [0.5, 0.6) is 0 Å². The zero-order chi connectivity index (χ0) is 12.9. The second-order valence-electron chi connectivity index (χ2n) is 3.07. The average Bonchev–Trinajstić information content (AvgIpc) is 2.31. The van der Waals surface area contributed by atoms with E-state index in [0.717, 1.165) is 0 Å². The van der Waals surface area contributed by atoms with Crippen molar-refractivity contribution in [2.75, 3.05) is 20.8 Å². The predicted octanol–water partition coefficient (Wildman–Crippen LogP) is 0.632. The molecule has 17 heavy (non-hydrogen) atoms. The largest absolute Gasteiger partial charge is 0.355 e. The highest BCUT2D eigenvalue weighted by molar-refractivity contribution is 7.89. The van der Waals surface area contributed by atoms with Crippen molar-refractivity contribution in [2.24, 2.45) is 0 Å². The van der Waals surface area contributed by atoms with Gasteiger partial charge in [-0.15, -0.1) is 0 Å². The molecule has 0 fully saturated rings. The maximum Gasteiger partial charge on any atom is 0.242 e. The van der Waals surface area contributed by atoms with Crippen molar-refractivity contribution in [2.45, 2.75) is 11.2 Å². The number of aromatic nitrogens is 1. The molecular weight excluding hydrogens is 268 g/mol. The third-order valence-electron chi connectivity index (χ3n) is 1.98. The number of hydrogen-bond donors (Lipinski definition) is 1. The second kappa shape index (κ2) is 6.27. The second-order valence-corrected chi connectivity index (χ2v) is 5.22. The molecule has 1 aromatic rings. The number of sulfonamides is 1. The lowest BCUT2D eigenvalue weighted by Crippen LogP contribution is -2.34. The number of halogens is 1. The SMILES string of the molecule is COC(CNS(=O)(=O)c1ccc(Cl)nc1)OC. The maximum atomic E-state index is 11.8. The molecule has 0 atom stereocenters. The summed E-state index contributed by atoms with van der Waals surface area (Å²) >= 11 is 5.57. The molecule has 1 aromatic heterocycles. The third kappa shape index (κ3) is 4.21. The van der Waals surface area contributed by atoms with Gasteiger partial charge in [-0.05, 0) is 12.1 Å². The molecule has 0 aliphatic rings. The van der Waals surface area contributed by atoms with Crippen LogP contribution in [0.3, 0.4) is 0 Å². The van der Waals surface area contributed by atoms with Crippen LogP contribution in [-0.4, -0.2) is 40.5 Å². The predicted molar refractivity (Wildman–Crippen MR) is 62.2 cm³/mol. The Morgan fingerprint density at radius 2 is 2.06 bits per heavy atom. The number of nitrogens with one attached hydrogen (secondary N) is 1. The molecule has 0 amide bonds. The van der Waals surface area contributed by atoms with Crippen molar-refractivity contribution >= 4 is 21.6 Å². The average molecular weight is 281 g/mol. The van der Waals surface area contributed by atoms with E-state index < -0.39 is 16.3 Å². The molecule has 0 aliphatic carbocycles. The highest BCUT2D eigenvalue weighted by Crippen LogP contribution is 2.10. The Hall–Kier alpha value is -0.730. The molecule has 6 nitrogen and oxygen atoms in total. The monoisotopic (exact) mass is 280 g/mol. The first-order valence-electron chi connectivity index (χ1n) is 4.66. The Labute approximate surface area is 105 Å². The normalized spacial score (nSPS) is 12.0. The van der Waals surface area contributed by atoms with Gasteiger partial charge in [0.2, 0.25) is 10.0 Å². The number of pyridine rings is 1. The van der Waals surface area contributed by atoms with Crippen LogP contribution in [0.1, 0.15) is 0 Å². The molecule has 96 valence electrons. The number of ether oxygens (including phenoxy) is 2. The summed E-state index contributed by atoms with van der Waals surface area (Å²) in [6.07, 6.45) is 0.546. The maximum absolute atomic E-state index is 11.8. The Bertz CT molecular complexity index is 445. The van der Waals surface area contributed by atoms with Gasteiger partial charge in [-0.25, -0.2) is 18.1 Å². The molecular formula is C9H13ClN2O4S. The Balaban J connectivity index is 2.72. The van der Waals surface area contributed by atoms with Crippen LogP contribution in [0.15, 0.2) is 23.2 Å². The molecule has 0 unspecified atom stereocenters. The van der Waals surface area contributed by atoms with E-state index in [0.29, 0.717) is 0 Å². The highest BCUT2D eigenvalue weighted by atomic mass is 35.5. The van der Waals surface area contributed by atoms with Crippen molar-refractivity contribution in [3.8, 4) is 0 Å². The van der Waals surface area contributed by atoms with E-state index in [1.165, 1.54) is 32.5 Å². The zero-order valence-electron chi connectivity index (χ0n) is 9.38. The summed E-state index contributed by atoms with van der Waals surface area (Å²) in [6.45, 7) is 0.0119. The van der Waals surface area contributed by atoms with E-state index in [1.807, 2.05) is 0 Å². The number of rotatable bonds is 6. The van der Waals surface area contributed by atoms with Gasteiger partial charge >= 0.3 is 0 Å².